The van der Waals surface area contributed by atoms with Crippen molar-refractivity contribution < 1.29 is 9.47 Å². The number of nitrogens with one attached hydrogen (secondary N) is 2. The second-order valence-electron chi connectivity index (χ2n) is 7.78. The molecular formula is C24H43IN4O2. The SMILES string of the molecule is CCNC(=NCC(c1ccccc1)N(CC)CC)NCCCOCC1CCOCC1.I. The van der Waals surface area contributed by atoms with Gasteiger partial charge in [0.15, 0.2) is 5.96 Å². The van der Waals surface area contributed by atoms with Gasteiger partial charge >= 0.3 is 0 Å². The molecule has 0 aromatic heterocycles. The van der Waals surface area contributed by atoms with E-state index in [4.69, 9.17) is 14.5 Å². The highest BCUT2D eigenvalue weighted by Gasteiger charge is 2.17. The minimum absolute atomic E-state index is 0. The third-order valence-electron chi connectivity index (χ3n) is 5.66. The molecule has 1 saturated heterocycles. The normalized spacial score (nSPS) is 16.1. The van der Waals surface area contributed by atoms with E-state index in [1.807, 2.05) is 0 Å². The van der Waals surface area contributed by atoms with Crippen LogP contribution in [0, 0.1) is 5.92 Å². The number of likely N-dealkylation sites (N-methyl/N-ethyl adjacent to an activating group) is 1. The molecule has 0 aliphatic carbocycles. The smallest absolute Gasteiger partial charge is 0.191 e. The van der Waals surface area contributed by atoms with Gasteiger partial charge < -0.3 is 20.1 Å². The van der Waals surface area contributed by atoms with Crippen molar-refractivity contribution in [1.82, 2.24) is 15.5 Å². The first-order valence-corrected chi connectivity index (χ1v) is 11.7. The number of hydrogen-bond acceptors (Lipinski definition) is 4. The van der Waals surface area contributed by atoms with Crippen molar-refractivity contribution in [3.05, 3.63) is 35.9 Å². The van der Waals surface area contributed by atoms with Gasteiger partial charge in [-0.1, -0.05) is 44.2 Å². The van der Waals surface area contributed by atoms with Crippen LogP contribution in [0.3, 0.4) is 0 Å². The molecule has 0 bridgehead atoms. The lowest BCUT2D eigenvalue weighted by Gasteiger charge is -2.29. The zero-order valence-electron chi connectivity index (χ0n) is 19.6. The van der Waals surface area contributed by atoms with E-state index in [1.54, 1.807) is 0 Å². The predicted molar refractivity (Wildman–Crippen MR) is 140 cm³/mol. The van der Waals surface area contributed by atoms with E-state index in [1.165, 1.54) is 5.56 Å². The van der Waals surface area contributed by atoms with E-state index < -0.39 is 0 Å². The van der Waals surface area contributed by atoms with Crippen LogP contribution in [-0.2, 0) is 9.47 Å². The molecule has 1 heterocycles. The fourth-order valence-electron chi connectivity index (χ4n) is 3.83. The third-order valence-corrected chi connectivity index (χ3v) is 5.66. The highest BCUT2D eigenvalue weighted by molar-refractivity contribution is 14.0. The largest absolute Gasteiger partial charge is 0.381 e. The summed E-state index contributed by atoms with van der Waals surface area (Å²) < 4.78 is 11.3. The number of benzene rings is 1. The van der Waals surface area contributed by atoms with Crippen LogP contribution in [0.2, 0.25) is 0 Å². The molecule has 2 rings (SSSR count). The Kier molecular flexibility index (Phi) is 16.0. The first kappa shape index (κ1) is 28.1. The maximum absolute atomic E-state index is 5.87. The maximum Gasteiger partial charge on any atom is 0.191 e. The molecule has 0 saturated carbocycles. The predicted octanol–water partition coefficient (Wildman–Crippen LogP) is 4.08. The third kappa shape index (κ3) is 11.0. The van der Waals surface area contributed by atoms with Gasteiger partial charge in [-0.3, -0.25) is 9.89 Å². The molecule has 1 atom stereocenters. The number of aliphatic imine (C=N–C) groups is 1. The van der Waals surface area contributed by atoms with Gasteiger partial charge in [-0.05, 0) is 50.8 Å². The van der Waals surface area contributed by atoms with E-state index in [0.717, 1.165) is 84.4 Å². The molecule has 7 heteroatoms. The van der Waals surface area contributed by atoms with Gasteiger partial charge in [0.25, 0.3) is 0 Å². The topological polar surface area (TPSA) is 58.1 Å². The number of nitrogens with zero attached hydrogens (tertiary/aromatic N) is 2. The standard InChI is InChI=1S/C24H42N4O2.HI/c1-4-25-24(26-15-10-16-30-20-21-13-17-29-18-14-21)27-19-23(28(5-2)6-3)22-11-8-7-9-12-22;/h7-9,11-12,21,23H,4-6,10,13-20H2,1-3H3,(H2,25,26,27);1H. The first-order valence-electron chi connectivity index (χ1n) is 11.7. The molecular weight excluding hydrogens is 503 g/mol. The van der Waals surface area contributed by atoms with E-state index >= 15 is 0 Å². The van der Waals surface area contributed by atoms with Gasteiger partial charge in [0.2, 0.25) is 0 Å². The van der Waals surface area contributed by atoms with Gasteiger partial charge in [0.1, 0.15) is 0 Å². The molecule has 0 radical (unpaired) electrons. The lowest BCUT2D eigenvalue weighted by molar-refractivity contribution is 0.0203. The zero-order valence-corrected chi connectivity index (χ0v) is 22.0. The van der Waals surface area contributed by atoms with E-state index in [9.17, 15) is 0 Å². The quantitative estimate of drug-likeness (QED) is 0.169. The molecule has 1 fully saturated rings. The fourth-order valence-corrected chi connectivity index (χ4v) is 3.83. The number of halogens is 1. The second-order valence-corrected chi connectivity index (χ2v) is 7.78. The van der Waals surface area contributed by atoms with Crippen LogP contribution in [0.5, 0.6) is 0 Å². The van der Waals surface area contributed by atoms with Crippen molar-refractivity contribution in [3.63, 3.8) is 0 Å². The maximum atomic E-state index is 5.87. The highest BCUT2D eigenvalue weighted by atomic mass is 127. The first-order chi connectivity index (χ1) is 14.8. The fraction of sp³-hybridized carbons (Fsp3) is 0.708. The molecule has 1 aliphatic heterocycles. The van der Waals surface area contributed by atoms with Crippen LogP contribution < -0.4 is 10.6 Å². The van der Waals surface area contributed by atoms with Crippen LogP contribution >= 0.6 is 24.0 Å². The Morgan fingerprint density at radius 2 is 1.84 bits per heavy atom. The van der Waals surface area contributed by atoms with Crippen LogP contribution in [0.4, 0.5) is 0 Å². The van der Waals surface area contributed by atoms with Crippen molar-refractivity contribution in [3.8, 4) is 0 Å². The summed E-state index contributed by atoms with van der Waals surface area (Å²) in [5.74, 6) is 1.55. The highest BCUT2D eigenvalue weighted by Crippen LogP contribution is 2.20. The Bertz CT molecular complexity index is 578. The Balaban J connectivity index is 0.00000480. The molecule has 0 amide bonds. The summed E-state index contributed by atoms with van der Waals surface area (Å²) >= 11 is 0. The second kappa shape index (κ2) is 17.6. The molecule has 2 N–H and O–H groups in total. The summed E-state index contributed by atoms with van der Waals surface area (Å²) in [6.07, 6.45) is 3.24. The molecule has 31 heavy (non-hydrogen) atoms. The number of ether oxygens (including phenoxy) is 2. The summed E-state index contributed by atoms with van der Waals surface area (Å²) in [7, 11) is 0. The van der Waals surface area contributed by atoms with Crippen molar-refractivity contribution in [1.29, 1.82) is 0 Å². The lowest BCUT2D eigenvalue weighted by atomic mass is 10.0. The molecule has 1 aliphatic rings. The molecule has 1 aromatic carbocycles. The number of rotatable bonds is 13. The van der Waals surface area contributed by atoms with Crippen LogP contribution in [0.25, 0.3) is 0 Å². The molecule has 178 valence electrons. The Hall–Kier alpha value is -0.900. The van der Waals surface area contributed by atoms with Crippen molar-refractivity contribution in [2.24, 2.45) is 10.9 Å². The number of guanidine groups is 1. The van der Waals surface area contributed by atoms with Crippen molar-refractivity contribution in [2.45, 2.75) is 46.1 Å². The van der Waals surface area contributed by atoms with Crippen molar-refractivity contribution >= 4 is 29.9 Å². The summed E-state index contributed by atoms with van der Waals surface area (Å²) in [5.41, 5.74) is 1.32. The Labute approximate surface area is 206 Å². The summed E-state index contributed by atoms with van der Waals surface area (Å²) in [4.78, 5) is 7.36. The van der Waals surface area contributed by atoms with E-state index in [2.05, 4.69) is 66.6 Å². The minimum atomic E-state index is 0. The lowest BCUT2D eigenvalue weighted by Crippen LogP contribution is -2.39. The van der Waals surface area contributed by atoms with Gasteiger partial charge in [-0.15, -0.1) is 24.0 Å². The Morgan fingerprint density at radius 1 is 1.13 bits per heavy atom. The van der Waals surface area contributed by atoms with Crippen LogP contribution in [0.15, 0.2) is 35.3 Å². The average Bonchev–Trinajstić information content (AvgIpc) is 2.80. The molecule has 0 spiro atoms. The minimum Gasteiger partial charge on any atom is -0.381 e. The molecule has 1 aromatic rings. The van der Waals surface area contributed by atoms with Gasteiger partial charge in [-0.2, -0.15) is 0 Å². The van der Waals surface area contributed by atoms with E-state index in [-0.39, 0.29) is 24.0 Å². The summed E-state index contributed by atoms with van der Waals surface area (Å²) in [6, 6.07) is 11.0. The zero-order chi connectivity index (χ0) is 21.4. The Morgan fingerprint density at radius 3 is 2.48 bits per heavy atom. The monoisotopic (exact) mass is 546 g/mol. The average molecular weight is 547 g/mol. The summed E-state index contributed by atoms with van der Waals surface area (Å²) in [6.45, 7) is 14.4. The van der Waals surface area contributed by atoms with Gasteiger partial charge in [0.05, 0.1) is 12.6 Å². The molecule has 1 unspecified atom stereocenters. The number of hydrogen-bond donors (Lipinski definition) is 2. The van der Waals surface area contributed by atoms with Gasteiger partial charge in [-0.25, -0.2) is 0 Å². The van der Waals surface area contributed by atoms with E-state index in [0.29, 0.717) is 12.0 Å². The summed E-state index contributed by atoms with van der Waals surface area (Å²) in [5, 5.41) is 6.83. The van der Waals surface area contributed by atoms with Crippen LogP contribution in [0.1, 0.15) is 51.6 Å². The molecule has 6 nitrogen and oxygen atoms in total. The van der Waals surface area contributed by atoms with Crippen molar-refractivity contribution in [2.75, 3.05) is 59.2 Å². The van der Waals surface area contributed by atoms with Gasteiger partial charge in [0, 0.05) is 39.5 Å². The van der Waals surface area contributed by atoms with Crippen LogP contribution in [-0.4, -0.2) is 70.0 Å².